The van der Waals surface area contributed by atoms with Crippen molar-refractivity contribution in [2.75, 3.05) is 30.7 Å². The zero-order valence-corrected chi connectivity index (χ0v) is 23.5. The first-order valence-electron chi connectivity index (χ1n) is 12.0. The van der Waals surface area contributed by atoms with Gasteiger partial charge in [-0.05, 0) is 18.1 Å². The van der Waals surface area contributed by atoms with E-state index in [1.165, 1.54) is 17.0 Å². The Labute approximate surface area is 240 Å². The van der Waals surface area contributed by atoms with E-state index in [0.717, 1.165) is 16.7 Å². The van der Waals surface area contributed by atoms with Crippen LogP contribution in [0.3, 0.4) is 0 Å². The number of thioether (sulfide) groups is 1. The predicted octanol–water partition coefficient (Wildman–Crippen LogP) is -2.00. The third-order valence-electron chi connectivity index (χ3n) is 6.71. The maximum Gasteiger partial charge on any atom is 0.325 e. The molecule has 2 fully saturated rings. The van der Waals surface area contributed by atoms with Gasteiger partial charge in [0.25, 0.3) is 5.91 Å². The van der Waals surface area contributed by atoms with Gasteiger partial charge in [-0.3, -0.25) is 33.8 Å². The molecule has 2 saturated heterocycles. The summed E-state index contributed by atoms with van der Waals surface area (Å²) in [7, 11) is 0. The number of β-lactam (4-membered cyclic amide) rings is 1. The Kier molecular flexibility index (Phi) is 8.48. The number of urea groups is 1. The summed E-state index contributed by atoms with van der Waals surface area (Å²) in [6.07, 6.45) is 0.200. The van der Waals surface area contributed by atoms with Gasteiger partial charge in [0.05, 0.1) is 11.7 Å². The van der Waals surface area contributed by atoms with E-state index in [-0.39, 0.29) is 48.4 Å². The van der Waals surface area contributed by atoms with Crippen LogP contribution in [0, 0.1) is 0 Å². The molecule has 0 spiro atoms. The van der Waals surface area contributed by atoms with Crippen molar-refractivity contribution >= 4 is 69.7 Å². The SMILES string of the molecule is CCN1CCN(C(=O)N[C@@H](C(=O)N[C@]2(NC=O)C(=O)N3C(C(=O)[O-])=C(CBr)CS[C@@H]32)c2ccccc2)C(=O)C1=O. The molecule has 3 aliphatic heterocycles. The van der Waals surface area contributed by atoms with Crippen LogP contribution < -0.4 is 21.1 Å². The fraction of sp³-hybridized carbons (Fsp3) is 0.375. The fourth-order valence-electron chi connectivity index (χ4n) is 4.67. The minimum absolute atomic E-state index is 0.0928. The first kappa shape index (κ1) is 29.1. The third kappa shape index (κ3) is 4.92. The summed E-state index contributed by atoms with van der Waals surface area (Å²) in [5.41, 5.74) is -1.72. The van der Waals surface area contributed by atoms with Crippen molar-refractivity contribution in [1.82, 2.24) is 30.7 Å². The van der Waals surface area contributed by atoms with Crippen molar-refractivity contribution in [1.29, 1.82) is 0 Å². The van der Waals surface area contributed by atoms with Crippen LogP contribution in [0.25, 0.3) is 0 Å². The van der Waals surface area contributed by atoms with Crippen molar-refractivity contribution in [3.05, 3.63) is 47.2 Å². The lowest BCUT2D eigenvalue weighted by Crippen LogP contribution is -2.85. The summed E-state index contributed by atoms with van der Waals surface area (Å²) >= 11 is 4.31. The highest BCUT2D eigenvalue weighted by atomic mass is 79.9. The van der Waals surface area contributed by atoms with Gasteiger partial charge in [-0.2, -0.15) is 0 Å². The molecule has 0 aliphatic carbocycles. The Balaban J connectivity index is 1.61. The number of fused-ring (bicyclic) bond motifs is 1. The normalized spacial score (nSPS) is 23.2. The number of hydrogen-bond donors (Lipinski definition) is 3. The van der Waals surface area contributed by atoms with Crippen molar-refractivity contribution in [3.8, 4) is 0 Å². The molecule has 0 radical (unpaired) electrons. The number of piperazine rings is 1. The number of hydrogen-bond acceptors (Lipinski definition) is 9. The molecule has 3 N–H and O–H groups in total. The molecule has 1 aromatic rings. The maximum atomic E-state index is 13.7. The van der Waals surface area contributed by atoms with Crippen LogP contribution in [0.15, 0.2) is 41.6 Å². The van der Waals surface area contributed by atoms with Gasteiger partial charge in [-0.1, -0.05) is 46.3 Å². The lowest BCUT2D eigenvalue weighted by Gasteiger charge is -2.57. The largest absolute Gasteiger partial charge is 0.543 e. The van der Waals surface area contributed by atoms with E-state index in [1.54, 1.807) is 25.1 Å². The number of nitrogens with zero attached hydrogens (tertiary/aromatic N) is 3. The topological polar surface area (TPSA) is 188 Å². The molecular formula is C24H24BrN6O8S-. The number of amides is 7. The van der Waals surface area contributed by atoms with Gasteiger partial charge < -0.3 is 30.8 Å². The lowest BCUT2D eigenvalue weighted by molar-refractivity contribution is -0.302. The summed E-state index contributed by atoms with van der Waals surface area (Å²) in [6.45, 7) is 2.01. The Morgan fingerprint density at radius 2 is 1.88 bits per heavy atom. The maximum absolute atomic E-state index is 13.7. The number of imide groups is 1. The highest BCUT2D eigenvalue weighted by Gasteiger charge is 2.65. The predicted molar refractivity (Wildman–Crippen MR) is 141 cm³/mol. The first-order valence-corrected chi connectivity index (χ1v) is 14.2. The number of benzene rings is 1. The quantitative estimate of drug-likeness (QED) is 0.0906. The molecule has 16 heteroatoms. The minimum atomic E-state index is -2.03. The number of alkyl halides is 1. The number of carboxylic acid groups (broad SMARTS) is 1. The number of carboxylic acids is 1. The van der Waals surface area contributed by atoms with Gasteiger partial charge in [-0.15, -0.1) is 11.8 Å². The number of rotatable bonds is 9. The molecule has 14 nitrogen and oxygen atoms in total. The molecule has 40 heavy (non-hydrogen) atoms. The number of nitrogens with one attached hydrogen (secondary N) is 3. The molecule has 3 atom stereocenters. The fourth-order valence-corrected chi connectivity index (χ4v) is 6.82. The second-order valence-electron chi connectivity index (χ2n) is 8.91. The molecular weight excluding hydrogens is 612 g/mol. The number of aliphatic carboxylic acids is 1. The van der Waals surface area contributed by atoms with Gasteiger partial charge in [0.15, 0.2) is 0 Å². The lowest BCUT2D eigenvalue weighted by atomic mass is 9.94. The van der Waals surface area contributed by atoms with Crippen LogP contribution in [0.1, 0.15) is 18.5 Å². The highest BCUT2D eigenvalue weighted by Crippen LogP contribution is 2.45. The van der Waals surface area contributed by atoms with Crippen LogP contribution in [0.4, 0.5) is 4.79 Å². The van der Waals surface area contributed by atoms with Crippen molar-refractivity contribution < 1.29 is 38.7 Å². The van der Waals surface area contributed by atoms with Gasteiger partial charge >= 0.3 is 17.8 Å². The van der Waals surface area contributed by atoms with Crippen LogP contribution in [0.2, 0.25) is 0 Å². The van der Waals surface area contributed by atoms with E-state index in [9.17, 15) is 38.7 Å². The van der Waals surface area contributed by atoms with Gasteiger partial charge in [-0.25, -0.2) is 4.79 Å². The second kappa shape index (κ2) is 11.7. The van der Waals surface area contributed by atoms with Crippen LogP contribution >= 0.6 is 27.7 Å². The monoisotopic (exact) mass is 635 g/mol. The molecule has 3 heterocycles. The molecule has 3 aliphatic rings. The molecule has 0 bridgehead atoms. The van der Waals surface area contributed by atoms with E-state index in [1.807, 2.05) is 0 Å². The zero-order valence-electron chi connectivity index (χ0n) is 21.0. The van der Waals surface area contributed by atoms with Crippen LogP contribution in [-0.4, -0.2) is 98.5 Å². The van der Waals surface area contributed by atoms with E-state index in [0.29, 0.717) is 10.5 Å². The summed E-state index contributed by atoms with van der Waals surface area (Å²) < 4.78 is 0. The molecule has 212 valence electrons. The van der Waals surface area contributed by atoms with E-state index >= 15 is 0 Å². The van der Waals surface area contributed by atoms with Crippen molar-refractivity contribution in [2.24, 2.45) is 0 Å². The average Bonchev–Trinajstić information content (AvgIpc) is 2.96. The summed E-state index contributed by atoms with van der Waals surface area (Å²) in [6, 6.07) is 5.45. The van der Waals surface area contributed by atoms with E-state index in [4.69, 9.17) is 0 Å². The van der Waals surface area contributed by atoms with E-state index < -0.39 is 52.7 Å². The van der Waals surface area contributed by atoms with Crippen molar-refractivity contribution in [2.45, 2.75) is 24.0 Å². The van der Waals surface area contributed by atoms with Gasteiger partial charge in [0.2, 0.25) is 18.0 Å². The molecule has 4 rings (SSSR count). The minimum Gasteiger partial charge on any atom is -0.543 e. The second-order valence-corrected chi connectivity index (χ2v) is 10.5. The van der Waals surface area contributed by atoms with Gasteiger partial charge in [0, 0.05) is 30.7 Å². The molecule has 0 aromatic heterocycles. The first-order chi connectivity index (χ1) is 19.1. The number of halogens is 1. The van der Waals surface area contributed by atoms with Gasteiger partial charge in [0.1, 0.15) is 11.4 Å². The Bertz CT molecular complexity index is 1310. The summed E-state index contributed by atoms with van der Waals surface area (Å²) in [4.78, 5) is 91.2. The smallest absolute Gasteiger partial charge is 0.325 e. The van der Waals surface area contributed by atoms with Crippen molar-refractivity contribution in [3.63, 3.8) is 0 Å². The number of carbonyl (C=O) groups excluding carboxylic acids is 7. The standard InChI is InChI=1S/C24H25BrN6O8S/c1-2-29-8-9-30(19(35)18(29)34)23(39)27-15(13-6-4-3-5-7-13)17(33)28-24(26-12-32)21(38)31-16(20(36)37)14(10-25)11-40-22(24)31/h3-7,12,15,22H,2,8-11H2,1H3,(H,26,32)(H,27,39)(H,28,33)(H,36,37)/p-1/t15-,22-,24-/m1/s1. The molecule has 7 amide bonds. The highest BCUT2D eigenvalue weighted by molar-refractivity contribution is 9.09. The zero-order chi connectivity index (χ0) is 29.2. The van der Waals surface area contributed by atoms with Crippen LogP contribution in [0.5, 0.6) is 0 Å². The number of likely N-dealkylation sites (N-methyl/N-ethyl adjacent to an activating group) is 1. The third-order valence-corrected chi connectivity index (χ3v) is 8.78. The molecule has 0 saturated carbocycles. The Morgan fingerprint density at radius 3 is 2.48 bits per heavy atom. The average molecular weight is 636 g/mol. The molecule has 1 aromatic carbocycles. The van der Waals surface area contributed by atoms with Crippen LogP contribution in [-0.2, 0) is 28.8 Å². The summed E-state index contributed by atoms with van der Waals surface area (Å²) in [5, 5.41) is 18.2. The summed E-state index contributed by atoms with van der Waals surface area (Å²) in [5.74, 6) is -5.18. The Morgan fingerprint density at radius 1 is 1.18 bits per heavy atom. The number of carbonyl (C=O) groups is 7. The Hall–Kier alpha value is -3.92. The van der Waals surface area contributed by atoms with E-state index in [2.05, 4.69) is 31.9 Å². The molecule has 0 unspecified atom stereocenters.